The first-order valence-corrected chi connectivity index (χ1v) is 20.7. The van der Waals surface area contributed by atoms with Crippen LogP contribution < -0.4 is 26.0 Å². The number of hydrogen-bond donors (Lipinski definition) is 4. The Morgan fingerprint density at radius 3 is 2.39 bits per heavy atom. The van der Waals surface area contributed by atoms with E-state index < -0.39 is 72.3 Å². The van der Waals surface area contributed by atoms with Gasteiger partial charge >= 0.3 is 6.03 Å². The number of rotatable bonds is 12. The third-order valence-corrected chi connectivity index (χ3v) is 11.1. The van der Waals surface area contributed by atoms with Gasteiger partial charge in [0.1, 0.15) is 23.9 Å². The summed E-state index contributed by atoms with van der Waals surface area (Å²) in [7, 11) is 4.78. The van der Waals surface area contributed by atoms with Gasteiger partial charge in [-0.25, -0.2) is 4.79 Å². The molecule has 3 aliphatic rings. The van der Waals surface area contributed by atoms with Crippen LogP contribution in [0.3, 0.4) is 0 Å². The van der Waals surface area contributed by atoms with E-state index in [2.05, 4.69) is 21.3 Å². The molecule has 2 aromatic carbocycles. The van der Waals surface area contributed by atoms with Gasteiger partial charge in [0, 0.05) is 47.1 Å². The van der Waals surface area contributed by atoms with Gasteiger partial charge in [0.15, 0.2) is 0 Å². The first kappa shape index (κ1) is 44.6. The Balaban J connectivity index is 1.29. The molecule has 1 saturated carbocycles. The van der Waals surface area contributed by atoms with Crippen molar-refractivity contribution in [1.29, 1.82) is 0 Å². The normalized spacial score (nSPS) is 21.5. The number of Topliss-reactive ketones (excluding diaryl/α,β-unsaturated/α-hetero) is 1. The standard InChI is InChI=1S/C43H59N7O9/c1-5-14-33(38(52)40(54)44-25-35(51)46-36(41(55)48(2)3)29-16-8-6-9-17-29)45-39(53)34-24-32-27-50(34)42(56)37(30-18-10-7-11-19-30)47-43(57)49(4)26-28-15-12-20-31(23-28)58-21-13-22-59-32/h6,8-9,12,15-17,20,23,30,32-34,36-37H,5,7,10-11,13-14,18-19,21-22,24-27H2,1-4H3,(H,44,54)(H,45,53)(H,46,51)(H,47,57)/t32-,33+,34+,36+,37+/m1/s1. The number of ether oxygens (including phenoxy) is 2. The van der Waals surface area contributed by atoms with E-state index >= 15 is 0 Å². The fraction of sp³-hybridized carbons (Fsp3) is 0.558. The number of carbonyl (C=O) groups excluding carboxylic acids is 7. The average molecular weight is 818 g/mol. The van der Waals surface area contributed by atoms with Crippen LogP contribution in [0.1, 0.15) is 81.9 Å². The number of benzene rings is 2. The second-order valence-electron chi connectivity index (χ2n) is 15.8. The van der Waals surface area contributed by atoms with Crippen molar-refractivity contribution >= 4 is 41.4 Å². The van der Waals surface area contributed by atoms with Crippen molar-refractivity contribution in [2.24, 2.45) is 5.92 Å². The summed E-state index contributed by atoms with van der Waals surface area (Å²) < 4.78 is 12.1. The minimum atomic E-state index is -1.25. The van der Waals surface area contributed by atoms with Gasteiger partial charge in [-0.15, -0.1) is 0 Å². The van der Waals surface area contributed by atoms with Crippen LogP contribution in [0.5, 0.6) is 5.75 Å². The Hall–Kier alpha value is -5.51. The monoisotopic (exact) mass is 817 g/mol. The van der Waals surface area contributed by atoms with Gasteiger partial charge in [-0.1, -0.05) is 75.1 Å². The Morgan fingerprint density at radius 2 is 1.68 bits per heavy atom. The van der Waals surface area contributed by atoms with Crippen LogP contribution in [0, 0.1) is 5.92 Å². The average Bonchev–Trinajstić information content (AvgIpc) is 3.67. The van der Waals surface area contributed by atoms with Gasteiger partial charge in [0.05, 0.1) is 31.9 Å². The topological polar surface area (TPSA) is 196 Å². The Bertz CT molecular complexity index is 1800. The molecule has 1 saturated heterocycles. The number of hydrogen-bond acceptors (Lipinski definition) is 9. The van der Waals surface area contributed by atoms with Crippen LogP contribution in [-0.4, -0.2) is 128 Å². The van der Waals surface area contributed by atoms with Crippen molar-refractivity contribution in [3.63, 3.8) is 0 Å². The molecule has 320 valence electrons. The zero-order valence-electron chi connectivity index (χ0n) is 34.6. The summed E-state index contributed by atoms with van der Waals surface area (Å²) in [5.74, 6) is -3.62. The Kier molecular flexibility index (Phi) is 16.2. The zero-order chi connectivity index (χ0) is 42.5. The first-order chi connectivity index (χ1) is 28.4. The molecule has 0 spiro atoms. The van der Waals surface area contributed by atoms with Crippen LogP contribution in [0.2, 0.25) is 0 Å². The van der Waals surface area contributed by atoms with Crippen molar-refractivity contribution in [3.8, 4) is 5.75 Å². The number of urea groups is 1. The molecular weight excluding hydrogens is 759 g/mol. The third-order valence-electron chi connectivity index (χ3n) is 11.1. The molecule has 2 aromatic rings. The lowest BCUT2D eigenvalue weighted by Gasteiger charge is -2.35. The molecule has 59 heavy (non-hydrogen) atoms. The van der Waals surface area contributed by atoms with Gasteiger partial charge in [0.2, 0.25) is 29.4 Å². The molecule has 7 amide bonds. The predicted molar refractivity (Wildman–Crippen MR) is 218 cm³/mol. The molecule has 1 aliphatic carbocycles. The highest BCUT2D eigenvalue weighted by Gasteiger charge is 2.45. The number of nitrogens with zero attached hydrogens (tertiary/aromatic N) is 3. The summed E-state index contributed by atoms with van der Waals surface area (Å²) in [6.07, 6.45) is 5.06. The van der Waals surface area contributed by atoms with Gasteiger partial charge in [-0.05, 0) is 48.4 Å². The van der Waals surface area contributed by atoms with E-state index in [1.807, 2.05) is 24.3 Å². The van der Waals surface area contributed by atoms with Crippen molar-refractivity contribution in [2.45, 2.75) is 102 Å². The van der Waals surface area contributed by atoms with Gasteiger partial charge in [-0.3, -0.25) is 28.8 Å². The summed E-state index contributed by atoms with van der Waals surface area (Å²) in [5.41, 5.74) is 1.41. The number of fused-ring (bicyclic) bond motifs is 4. The zero-order valence-corrected chi connectivity index (χ0v) is 34.6. The maximum atomic E-state index is 14.7. The van der Waals surface area contributed by atoms with Crippen molar-refractivity contribution in [2.75, 3.05) is 47.4 Å². The van der Waals surface area contributed by atoms with E-state index in [1.165, 1.54) is 14.7 Å². The Labute approximate surface area is 346 Å². The number of nitrogens with one attached hydrogen (secondary N) is 4. The minimum absolute atomic E-state index is 0.0930. The summed E-state index contributed by atoms with van der Waals surface area (Å²) in [6, 6.07) is 11.5. The van der Waals surface area contributed by atoms with E-state index in [1.54, 1.807) is 58.4 Å². The molecule has 4 N–H and O–H groups in total. The van der Waals surface area contributed by atoms with Crippen molar-refractivity contribution < 1.29 is 43.0 Å². The van der Waals surface area contributed by atoms with E-state index in [0.717, 1.165) is 37.7 Å². The van der Waals surface area contributed by atoms with Crippen molar-refractivity contribution in [3.05, 3.63) is 65.7 Å². The van der Waals surface area contributed by atoms with Gasteiger partial charge in [0.25, 0.3) is 5.91 Å². The lowest BCUT2D eigenvalue weighted by molar-refractivity contribution is -0.143. The smallest absolute Gasteiger partial charge is 0.318 e. The van der Waals surface area contributed by atoms with Crippen LogP contribution in [0.15, 0.2) is 54.6 Å². The molecule has 2 heterocycles. The molecule has 5 rings (SSSR count). The molecule has 0 unspecified atom stereocenters. The number of carbonyl (C=O) groups is 7. The molecule has 5 atom stereocenters. The van der Waals surface area contributed by atoms with Gasteiger partial charge < -0.3 is 45.4 Å². The molecule has 16 heteroatoms. The lowest BCUT2D eigenvalue weighted by Crippen LogP contribution is -2.59. The molecule has 2 aliphatic heterocycles. The quantitative estimate of drug-likeness (QED) is 0.233. The molecule has 16 nitrogen and oxygen atoms in total. The summed E-state index contributed by atoms with van der Waals surface area (Å²) in [6.45, 7) is 2.26. The number of likely N-dealkylation sites (N-methyl/N-ethyl adjacent to an activating group) is 1. The highest BCUT2D eigenvalue weighted by atomic mass is 16.5. The number of ketones is 1. The van der Waals surface area contributed by atoms with Crippen molar-refractivity contribution in [1.82, 2.24) is 36.0 Å². The molecule has 0 aromatic heterocycles. The molecule has 4 bridgehead atoms. The first-order valence-electron chi connectivity index (χ1n) is 20.7. The van der Waals surface area contributed by atoms with Gasteiger partial charge in [-0.2, -0.15) is 0 Å². The third kappa shape index (κ3) is 12.3. The van der Waals surface area contributed by atoms with E-state index in [9.17, 15) is 33.6 Å². The summed E-state index contributed by atoms with van der Waals surface area (Å²) >= 11 is 0. The van der Waals surface area contributed by atoms with Crippen LogP contribution in [-0.2, 0) is 40.0 Å². The SMILES string of the molecule is CCC[C@H](NC(=O)[C@@H]1C[C@@H]2CN1C(=O)[C@H](C1CCCCC1)NC(=O)N(C)Cc1cccc(c1)OCCCO2)C(=O)C(=O)NCC(=O)N[C@H](C(=O)N(C)C)c1ccccc1. The number of amides is 7. The second-order valence-corrected chi connectivity index (χ2v) is 15.8. The van der Waals surface area contributed by atoms with Crippen LogP contribution in [0.25, 0.3) is 0 Å². The minimum Gasteiger partial charge on any atom is -0.493 e. The fourth-order valence-electron chi connectivity index (χ4n) is 7.89. The Morgan fingerprint density at radius 1 is 0.932 bits per heavy atom. The van der Waals surface area contributed by atoms with E-state index in [-0.39, 0.29) is 37.8 Å². The van der Waals surface area contributed by atoms with E-state index in [0.29, 0.717) is 37.4 Å². The highest BCUT2D eigenvalue weighted by molar-refractivity contribution is 6.38. The summed E-state index contributed by atoms with van der Waals surface area (Å²) in [5, 5.41) is 10.7. The van der Waals surface area contributed by atoms with E-state index in [4.69, 9.17) is 9.47 Å². The molecular formula is C43H59N7O9. The van der Waals surface area contributed by atoms with Crippen LogP contribution in [0.4, 0.5) is 4.79 Å². The maximum Gasteiger partial charge on any atom is 0.318 e. The molecule has 0 radical (unpaired) electrons. The lowest BCUT2D eigenvalue weighted by atomic mass is 9.83. The highest BCUT2D eigenvalue weighted by Crippen LogP contribution is 2.30. The fourth-order valence-corrected chi connectivity index (χ4v) is 7.89. The second kappa shape index (κ2) is 21.5. The predicted octanol–water partition coefficient (Wildman–Crippen LogP) is 2.46. The maximum absolute atomic E-state index is 14.7. The van der Waals surface area contributed by atoms with Crippen LogP contribution >= 0.6 is 0 Å². The largest absolute Gasteiger partial charge is 0.493 e. The summed E-state index contributed by atoms with van der Waals surface area (Å²) in [4.78, 5) is 99.4. The molecule has 2 fully saturated rings.